The van der Waals surface area contributed by atoms with Crippen LogP contribution < -0.4 is 0 Å². The number of H-pyrrole nitrogens is 1. The van der Waals surface area contributed by atoms with Gasteiger partial charge in [-0.1, -0.05) is 5.21 Å². The van der Waals surface area contributed by atoms with Crippen molar-refractivity contribution in [3.63, 3.8) is 0 Å². The summed E-state index contributed by atoms with van der Waals surface area (Å²) in [6.45, 7) is 0.669. The van der Waals surface area contributed by atoms with Gasteiger partial charge in [0.15, 0.2) is 5.82 Å². The molecule has 1 aromatic carbocycles. The molecule has 3 aromatic rings. The lowest BCUT2D eigenvalue weighted by atomic mass is 10.1. The molecule has 0 bridgehead atoms. The largest absolute Gasteiger partial charge is 0.464 e. The topological polar surface area (TPSA) is 87.9 Å². The maximum absolute atomic E-state index is 13.2. The van der Waals surface area contributed by atoms with Gasteiger partial charge in [-0.25, -0.2) is 4.39 Å². The molecule has 7 nitrogen and oxygen atoms in total. The average molecular weight is 315 g/mol. The highest BCUT2D eigenvalue weighted by atomic mass is 19.1. The predicted molar refractivity (Wildman–Crippen MR) is 77.7 cm³/mol. The van der Waals surface area contributed by atoms with Crippen LogP contribution in [0.3, 0.4) is 0 Å². The number of furan rings is 1. The van der Waals surface area contributed by atoms with Gasteiger partial charge in [0.05, 0.1) is 18.7 Å². The van der Waals surface area contributed by atoms with Gasteiger partial charge in [0.2, 0.25) is 5.91 Å². The summed E-state index contributed by atoms with van der Waals surface area (Å²) < 4.78 is 18.5. The van der Waals surface area contributed by atoms with Crippen molar-refractivity contribution < 1.29 is 13.6 Å². The summed E-state index contributed by atoms with van der Waals surface area (Å²) in [5, 5.41) is 14.7. The van der Waals surface area contributed by atoms with Crippen molar-refractivity contribution in [2.45, 2.75) is 25.3 Å². The zero-order valence-electron chi connectivity index (χ0n) is 12.2. The fourth-order valence-electron chi connectivity index (χ4n) is 3.10. The fourth-order valence-corrected chi connectivity index (χ4v) is 3.10. The Morgan fingerprint density at radius 2 is 2.39 bits per heavy atom. The SMILES string of the molecule is O=C(Cc1coc2cc(F)ccc12)N1CCCC1c1nn[nH]n1. The highest BCUT2D eigenvalue weighted by Crippen LogP contribution is 2.31. The second-order valence-electron chi connectivity index (χ2n) is 5.59. The number of likely N-dealkylation sites (tertiary alicyclic amines) is 1. The Labute approximate surface area is 130 Å². The van der Waals surface area contributed by atoms with E-state index < -0.39 is 0 Å². The number of rotatable bonds is 3. The van der Waals surface area contributed by atoms with Crippen LogP contribution in [0.2, 0.25) is 0 Å². The molecule has 1 unspecified atom stereocenters. The summed E-state index contributed by atoms with van der Waals surface area (Å²) in [6.07, 6.45) is 3.44. The van der Waals surface area contributed by atoms with Crippen molar-refractivity contribution in [2.24, 2.45) is 0 Å². The summed E-state index contributed by atoms with van der Waals surface area (Å²) in [6, 6.07) is 4.18. The number of carbonyl (C=O) groups excluding carboxylic acids is 1. The van der Waals surface area contributed by atoms with Crippen LogP contribution in [-0.4, -0.2) is 38.0 Å². The van der Waals surface area contributed by atoms with Crippen molar-refractivity contribution in [3.8, 4) is 0 Å². The van der Waals surface area contributed by atoms with Gasteiger partial charge < -0.3 is 9.32 Å². The van der Waals surface area contributed by atoms with Crippen LogP contribution in [0, 0.1) is 5.82 Å². The first-order valence-electron chi connectivity index (χ1n) is 7.41. The van der Waals surface area contributed by atoms with Crippen LogP contribution in [0.4, 0.5) is 4.39 Å². The molecular formula is C15H14FN5O2. The Kier molecular flexibility index (Phi) is 3.29. The monoisotopic (exact) mass is 315 g/mol. The lowest BCUT2D eigenvalue weighted by Crippen LogP contribution is -2.32. The van der Waals surface area contributed by atoms with E-state index in [9.17, 15) is 9.18 Å². The van der Waals surface area contributed by atoms with E-state index in [4.69, 9.17) is 4.42 Å². The normalized spacial score (nSPS) is 18.0. The van der Waals surface area contributed by atoms with Gasteiger partial charge in [-0.3, -0.25) is 4.79 Å². The Hall–Kier alpha value is -2.77. The number of hydrogen-bond acceptors (Lipinski definition) is 5. The van der Waals surface area contributed by atoms with Gasteiger partial charge in [0.25, 0.3) is 0 Å². The third kappa shape index (κ3) is 2.45. The fraction of sp³-hybridized carbons (Fsp3) is 0.333. The minimum Gasteiger partial charge on any atom is -0.464 e. The minimum absolute atomic E-state index is 0.0238. The predicted octanol–water partition coefficient (Wildman–Crippen LogP) is 1.99. The van der Waals surface area contributed by atoms with Crippen LogP contribution in [-0.2, 0) is 11.2 Å². The van der Waals surface area contributed by atoms with E-state index in [1.807, 2.05) is 0 Å². The van der Waals surface area contributed by atoms with Gasteiger partial charge in [0, 0.05) is 23.6 Å². The number of amides is 1. The number of halogens is 1. The van der Waals surface area contributed by atoms with Crippen molar-refractivity contribution in [2.75, 3.05) is 6.54 Å². The molecule has 8 heteroatoms. The Balaban J connectivity index is 1.57. The number of nitrogens with one attached hydrogen (secondary N) is 1. The molecule has 3 heterocycles. The number of hydrogen-bond donors (Lipinski definition) is 1. The molecule has 1 atom stereocenters. The van der Waals surface area contributed by atoms with Crippen molar-refractivity contribution in [3.05, 3.63) is 41.7 Å². The quantitative estimate of drug-likeness (QED) is 0.798. The van der Waals surface area contributed by atoms with E-state index in [1.54, 1.807) is 11.0 Å². The van der Waals surface area contributed by atoms with E-state index in [0.29, 0.717) is 18.0 Å². The first kappa shape index (κ1) is 13.9. The second kappa shape index (κ2) is 5.45. The number of carbonyl (C=O) groups is 1. The molecule has 118 valence electrons. The summed E-state index contributed by atoms with van der Waals surface area (Å²) in [5.74, 6) is 0.153. The van der Waals surface area contributed by atoms with Gasteiger partial charge in [0.1, 0.15) is 11.4 Å². The Morgan fingerprint density at radius 3 is 3.22 bits per heavy atom. The lowest BCUT2D eigenvalue weighted by Gasteiger charge is -2.21. The van der Waals surface area contributed by atoms with E-state index in [0.717, 1.165) is 23.8 Å². The second-order valence-corrected chi connectivity index (χ2v) is 5.59. The molecule has 1 saturated heterocycles. The maximum atomic E-state index is 13.2. The maximum Gasteiger partial charge on any atom is 0.227 e. The van der Waals surface area contributed by atoms with E-state index in [2.05, 4.69) is 20.6 Å². The molecule has 0 aliphatic carbocycles. The van der Waals surface area contributed by atoms with Crippen LogP contribution in [0.5, 0.6) is 0 Å². The molecular weight excluding hydrogens is 301 g/mol. The van der Waals surface area contributed by atoms with Gasteiger partial charge >= 0.3 is 0 Å². The third-order valence-corrected chi connectivity index (χ3v) is 4.19. The van der Waals surface area contributed by atoms with E-state index in [1.165, 1.54) is 18.4 Å². The standard InChI is InChI=1S/C15H14FN5O2/c16-10-3-4-11-9(8-23-13(11)7-10)6-14(22)21-5-1-2-12(21)15-17-19-20-18-15/h3-4,7-8,12H,1-2,5-6H2,(H,17,18,19,20). The molecule has 1 aliphatic heterocycles. The van der Waals surface area contributed by atoms with Crippen molar-refractivity contribution in [1.29, 1.82) is 0 Å². The van der Waals surface area contributed by atoms with Crippen LogP contribution >= 0.6 is 0 Å². The first-order valence-corrected chi connectivity index (χ1v) is 7.41. The lowest BCUT2D eigenvalue weighted by molar-refractivity contribution is -0.131. The first-order chi connectivity index (χ1) is 11.2. The van der Waals surface area contributed by atoms with Crippen molar-refractivity contribution >= 4 is 16.9 Å². The molecule has 4 rings (SSSR count). The zero-order valence-corrected chi connectivity index (χ0v) is 12.2. The summed E-state index contributed by atoms with van der Waals surface area (Å²) in [4.78, 5) is 14.4. The summed E-state index contributed by atoms with van der Waals surface area (Å²) >= 11 is 0. The molecule has 1 N–H and O–H groups in total. The van der Waals surface area contributed by atoms with Crippen LogP contribution in [0.15, 0.2) is 28.9 Å². The Morgan fingerprint density at radius 1 is 1.48 bits per heavy atom. The number of nitrogens with zero attached hydrogens (tertiary/aromatic N) is 4. The van der Waals surface area contributed by atoms with Gasteiger partial charge in [-0.05, 0) is 25.0 Å². The van der Waals surface area contributed by atoms with E-state index in [-0.39, 0.29) is 24.2 Å². The zero-order chi connectivity index (χ0) is 15.8. The number of fused-ring (bicyclic) bond motifs is 1. The van der Waals surface area contributed by atoms with Gasteiger partial charge in [-0.15, -0.1) is 10.2 Å². The van der Waals surface area contributed by atoms with Gasteiger partial charge in [-0.2, -0.15) is 5.21 Å². The molecule has 1 aliphatic rings. The summed E-state index contributed by atoms with van der Waals surface area (Å²) in [5.41, 5.74) is 1.20. The molecule has 1 fully saturated rings. The molecule has 0 radical (unpaired) electrons. The Bertz CT molecular complexity index is 845. The highest BCUT2D eigenvalue weighted by molar-refractivity contribution is 5.87. The van der Waals surface area contributed by atoms with Crippen LogP contribution in [0.1, 0.15) is 30.3 Å². The van der Waals surface area contributed by atoms with Crippen LogP contribution in [0.25, 0.3) is 11.0 Å². The average Bonchev–Trinajstić information content (AvgIpc) is 3.27. The molecule has 0 spiro atoms. The number of aromatic amines is 1. The number of tetrazole rings is 1. The molecule has 0 saturated carbocycles. The number of aromatic nitrogens is 4. The molecule has 1 amide bonds. The smallest absolute Gasteiger partial charge is 0.227 e. The van der Waals surface area contributed by atoms with Crippen molar-refractivity contribution in [1.82, 2.24) is 25.5 Å². The summed E-state index contributed by atoms with van der Waals surface area (Å²) in [7, 11) is 0. The number of benzene rings is 1. The minimum atomic E-state index is -0.360. The molecule has 2 aromatic heterocycles. The molecule has 23 heavy (non-hydrogen) atoms. The van der Waals surface area contributed by atoms with E-state index >= 15 is 0 Å². The highest BCUT2D eigenvalue weighted by Gasteiger charge is 2.32. The third-order valence-electron chi connectivity index (χ3n) is 4.19.